The molecule has 2 aromatic heterocycles. The second-order valence-electron chi connectivity index (χ2n) is 6.83. The molecule has 4 rings (SSSR count). The summed E-state index contributed by atoms with van der Waals surface area (Å²) in [5.74, 6) is -0.130. The van der Waals surface area contributed by atoms with Crippen LogP contribution in [-0.2, 0) is 10.0 Å². The smallest absolute Gasteiger partial charge is 0.322 e. The second kappa shape index (κ2) is 8.05. The van der Waals surface area contributed by atoms with Crippen molar-refractivity contribution in [1.29, 1.82) is 0 Å². The van der Waals surface area contributed by atoms with E-state index >= 15 is 0 Å². The first kappa shape index (κ1) is 19.7. The predicted molar refractivity (Wildman–Crippen MR) is 109 cm³/mol. The molecule has 3 aromatic rings. The third kappa shape index (κ3) is 4.09. The fraction of sp³-hybridized carbons (Fsp3) is 0.316. The molecule has 1 atom stereocenters. The van der Waals surface area contributed by atoms with Gasteiger partial charge in [-0.2, -0.15) is 4.31 Å². The van der Waals surface area contributed by atoms with Gasteiger partial charge in [-0.15, -0.1) is 16.4 Å². The SMILES string of the molecule is C[C@H]1CCCCN1S(=O)(=O)c1ccc(C(=O)Nc2nnc(-c3cccs3)o2)cc1. The van der Waals surface area contributed by atoms with Gasteiger partial charge in [0, 0.05) is 18.2 Å². The van der Waals surface area contributed by atoms with Crippen LogP contribution >= 0.6 is 11.3 Å². The number of sulfonamides is 1. The molecule has 0 aliphatic carbocycles. The summed E-state index contributed by atoms with van der Waals surface area (Å²) in [6.07, 6.45) is 2.76. The van der Waals surface area contributed by atoms with E-state index in [-0.39, 0.29) is 17.0 Å². The van der Waals surface area contributed by atoms with Crippen LogP contribution in [0.5, 0.6) is 0 Å². The summed E-state index contributed by atoms with van der Waals surface area (Å²) < 4.78 is 32.7. The highest BCUT2D eigenvalue weighted by molar-refractivity contribution is 7.89. The number of rotatable bonds is 5. The van der Waals surface area contributed by atoms with Gasteiger partial charge in [0.25, 0.3) is 11.8 Å². The van der Waals surface area contributed by atoms with Crippen LogP contribution in [0.2, 0.25) is 0 Å². The van der Waals surface area contributed by atoms with Gasteiger partial charge in [-0.25, -0.2) is 8.42 Å². The van der Waals surface area contributed by atoms with Crippen LogP contribution < -0.4 is 5.32 Å². The third-order valence-corrected chi connectivity index (χ3v) is 7.73. The van der Waals surface area contributed by atoms with E-state index in [1.807, 2.05) is 24.4 Å². The highest BCUT2D eigenvalue weighted by atomic mass is 32.2. The number of hydrogen-bond donors (Lipinski definition) is 1. The maximum atomic E-state index is 12.9. The molecule has 29 heavy (non-hydrogen) atoms. The molecule has 0 spiro atoms. The minimum atomic E-state index is -3.57. The van der Waals surface area contributed by atoms with Crippen molar-refractivity contribution < 1.29 is 17.6 Å². The molecule has 1 aromatic carbocycles. The Balaban J connectivity index is 1.47. The monoisotopic (exact) mass is 432 g/mol. The number of nitrogens with zero attached hydrogens (tertiary/aromatic N) is 3. The Kier molecular flexibility index (Phi) is 5.48. The molecule has 152 valence electrons. The molecule has 8 nitrogen and oxygen atoms in total. The standard InChI is InChI=1S/C19H20N4O4S2/c1-13-5-2-3-11-23(13)29(25,26)15-9-7-14(8-10-15)17(24)20-19-22-21-18(27-19)16-6-4-12-28-16/h4,6-10,12-13H,2-3,5,11H2,1H3,(H,20,22,24)/t13-/m0/s1. The van der Waals surface area contributed by atoms with Gasteiger partial charge in [-0.05, 0) is 55.5 Å². The molecule has 1 fully saturated rings. The first-order valence-electron chi connectivity index (χ1n) is 9.26. The fourth-order valence-electron chi connectivity index (χ4n) is 3.29. The molecule has 3 heterocycles. The maximum Gasteiger partial charge on any atom is 0.322 e. The molecule has 1 amide bonds. The first-order chi connectivity index (χ1) is 13.9. The lowest BCUT2D eigenvalue weighted by Crippen LogP contribution is -2.41. The Morgan fingerprint density at radius 2 is 2.00 bits per heavy atom. The summed E-state index contributed by atoms with van der Waals surface area (Å²) >= 11 is 1.45. The number of carbonyl (C=O) groups is 1. The quantitative estimate of drug-likeness (QED) is 0.660. The molecule has 0 unspecified atom stereocenters. The van der Waals surface area contributed by atoms with Crippen molar-refractivity contribution in [2.75, 3.05) is 11.9 Å². The number of aromatic nitrogens is 2. The minimum absolute atomic E-state index is 0.0164. The van der Waals surface area contributed by atoms with Gasteiger partial charge in [-0.1, -0.05) is 17.6 Å². The summed E-state index contributed by atoms with van der Waals surface area (Å²) in [7, 11) is -3.57. The largest absolute Gasteiger partial charge is 0.402 e. The van der Waals surface area contributed by atoms with E-state index in [4.69, 9.17) is 4.42 Å². The first-order valence-corrected chi connectivity index (χ1v) is 11.6. The average molecular weight is 433 g/mol. The van der Waals surface area contributed by atoms with Gasteiger partial charge in [0.1, 0.15) is 0 Å². The lowest BCUT2D eigenvalue weighted by molar-refractivity contribution is 0.102. The van der Waals surface area contributed by atoms with Crippen molar-refractivity contribution in [3.8, 4) is 10.8 Å². The molecular weight excluding hydrogens is 412 g/mol. The number of amides is 1. The van der Waals surface area contributed by atoms with E-state index in [0.29, 0.717) is 18.0 Å². The summed E-state index contributed by atoms with van der Waals surface area (Å²) in [6.45, 7) is 2.45. The van der Waals surface area contributed by atoms with Crippen molar-refractivity contribution in [3.05, 3.63) is 47.3 Å². The van der Waals surface area contributed by atoms with Crippen molar-refractivity contribution >= 4 is 33.3 Å². The Morgan fingerprint density at radius 1 is 1.21 bits per heavy atom. The van der Waals surface area contributed by atoms with Crippen molar-refractivity contribution in [2.45, 2.75) is 37.1 Å². The number of anilines is 1. The van der Waals surface area contributed by atoms with E-state index in [1.54, 1.807) is 0 Å². The number of benzene rings is 1. The lowest BCUT2D eigenvalue weighted by Gasteiger charge is -2.32. The molecule has 10 heteroatoms. The van der Waals surface area contributed by atoms with Crippen molar-refractivity contribution in [3.63, 3.8) is 0 Å². The average Bonchev–Trinajstić information content (AvgIpc) is 3.40. The summed E-state index contributed by atoms with van der Waals surface area (Å²) in [4.78, 5) is 13.4. The molecule has 1 saturated heterocycles. The fourth-order valence-corrected chi connectivity index (χ4v) is 5.63. The minimum Gasteiger partial charge on any atom is -0.402 e. The zero-order chi connectivity index (χ0) is 20.4. The highest BCUT2D eigenvalue weighted by Gasteiger charge is 2.31. The number of carbonyl (C=O) groups excluding carboxylic acids is 1. The van der Waals surface area contributed by atoms with E-state index in [1.165, 1.54) is 39.9 Å². The van der Waals surface area contributed by atoms with E-state index < -0.39 is 15.9 Å². The molecule has 0 saturated carbocycles. The van der Waals surface area contributed by atoms with Crippen LogP contribution in [0.25, 0.3) is 10.8 Å². The Bertz CT molecular complexity index is 1090. The third-order valence-electron chi connectivity index (χ3n) is 4.84. The summed E-state index contributed by atoms with van der Waals surface area (Å²) in [5.41, 5.74) is 0.298. The van der Waals surface area contributed by atoms with Crippen LogP contribution in [-0.4, -0.2) is 41.4 Å². The van der Waals surface area contributed by atoms with Gasteiger partial charge in [0.2, 0.25) is 10.0 Å². The Morgan fingerprint density at radius 3 is 2.69 bits per heavy atom. The van der Waals surface area contributed by atoms with Gasteiger partial charge in [-0.3, -0.25) is 10.1 Å². The zero-order valence-electron chi connectivity index (χ0n) is 15.7. The summed E-state index contributed by atoms with van der Waals surface area (Å²) in [5, 5.41) is 12.1. The van der Waals surface area contributed by atoms with Crippen LogP contribution in [0.3, 0.4) is 0 Å². The van der Waals surface area contributed by atoms with Crippen LogP contribution in [0.1, 0.15) is 36.5 Å². The second-order valence-corrected chi connectivity index (χ2v) is 9.67. The van der Waals surface area contributed by atoms with E-state index in [0.717, 1.165) is 24.1 Å². The van der Waals surface area contributed by atoms with Crippen molar-refractivity contribution in [1.82, 2.24) is 14.5 Å². The van der Waals surface area contributed by atoms with Crippen LogP contribution in [0.15, 0.2) is 51.1 Å². The molecule has 1 aliphatic rings. The van der Waals surface area contributed by atoms with Crippen LogP contribution in [0.4, 0.5) is 6.01 Å². The molecule has 0 bridgehead atoms. The summed E-state index contributed by atoms with van der Waals surface area (Å²) in [6, 6.07) is 9.53. The number of hydrogen-bond acceptors (Lipinski definition) is 7. The number of thiophene rings is 1. The lowest BCUT2D eigenvalue weighted by atomic mass is 10.1. The van der Waals surface area contributed by atoms with Crippen LogP contribution in [0, 0.1) is 0 Å². The van der Waals surface area contributed by atoms with Gasteiger partial charge >= 0.3 is 6.01 Å². The van der Waals surface area contributed by atoms with Crippen molar-refractivity contribution in [2.24, 2.45) is 0 Å². The van der Waals surface area contributed by atoms with Gasteiger partial charge < -0.3 is 4.42 Å². The highest BCUT2D eigenvalue weighted by Crippen LogP contribution is 2.26. The molecule has 1 N–H and O–H groups in total. The molecule has 1 aliphatic heterocycles. The van der Waals surface area contributed by atoms with Gasteiger partial charge in [0.15, 0.2) is 0 Å². The normalized spacial score (nSPS) is 17.9. The van der Waals surface area contributed by atoms with E-state index in [9.17, 15) is 13.2 Å². The Hall–Kier alpha value is -2.56. The number of piperidine rings is 1. The van der Waals surface area contributed by atoms with Gasteiger partial charge in [0.05, 0.1) is 9.77 Å². The topological polar surface area (TPSA) is 105 Å². The maximum absolute atomic E-state index is 12.9. The predicted octanol–water partition coefficient (Wildman–Crippen LogP) is 3.61. The number of nitrogens with one attached hydrogen (secondary N) is 1. The zero-order valence-corrected chi connectivity index (χ0v) is 17.4. The Labute approximate surface area is 172 Å². The van der Waals surface area contributed by atoms with E-state index in [2.05, 4.69) is 15.5 Å². The molecule has 0 radical (unpaired) electrons. The molecular formula is C19H20N4O4S2.